The first-order valence-corrected chi connectivity index (χ1v) is 4.34. The van der Waals surface area contributed by atoms with Gasteiger partial charge >= 0.3 is 0 Å². The van der Waals surface area contributed by atoms with E-state index in [1.165, 1.54) is 6.33 Å². The van der Waals surface area contributed by atoms with Crippen LogP contribution in [0.1, 0.15) is 5.56 Å². The number of pyridine rings is 1. The van der Waals surface area contributed by atoms with Crippen molar-refractivity contribution in [3.63, 3.8) is 0 Å². The minimum absolute atomic E-state index is 0.529. The molecule has 0 aromatic carbocycles. The number of anilines is 1. The molecule has 1 N–H and O–H groups in total. The van der Waals surface area contributed by atoms with E-state index in [0.29, 0.717) is 19.0 Å². The first kappa shape index (κ1) is 7.64. The van der Waals surface area contributed by atoms with Crippen molar-refractivity contribution in [3.05, 3.63) is 24.3 Å². The topological polar surface area (TPSA) is 59.9 Å². The number of hydrogen-bond donors (Lipinski definition) is 1. The van der Waals surface area contributed by atoms with E-state index in [-0.39, 0.29) is 0 Å². The molecule has 0 bridgehead atoms. The van der Waals surface area contributed by atoms with Gasteiger partial charge in [0, 0.05) is 18.0 Å². The fourth-order valence-corrected chi connectivity index (χ4v) is 1.58. The number of fused-ring (bicyclic) bond motifs is 3. The summed E-state index contributed by atoms with van der Waals surface area (Å²) in [4.78, 5) is 12.3. The molecule has 0 saturated carbocycles. The van der Waals surface area contributed by atoms with Crippen LogP contribution in [0, 0.1) is 0 Å². The highest BCUT2D eigenvalue weighted by Crippen LogP contribution is 2.26. The maximum atomic E-state index is 5.25. The quantitative estimate of drug-likeness (QED) is 0.666. The summed E-state index contributed by atoms with van der Waals surface area (Å²) >= 11 is 0. The molecule has 0 amide bonds. The van der Waals surface area contributed by atoms with Crippen LogP contribution in [0.15, 0.2) is 18.7 Å². The zero-order valence-electron chi connectivity index (χ0n) is 7.40. The Balaban J connectivity index is 2.34. The van der Waals surface area contributed by atoms with Crippen LogP contribution in [-0.4, -0.2) is 21.7 Å². The van der Waals surface area contributed by atoms with E-state index >= 15 is 0 Å². The van der Waals surface area contributed by atoms with E-state index in [2.05, 4.69) is 20.3 Å². The van der Waals surface area contributed by atoms with Crippen molar-refractivity contribution in [3.8, 4) is 0 Å². The van der Waals surface area contributed by atoms with Gasteiger partial charge in [-0.3, -0.25) is 0 Å². The van der Waals surface area contributed by atoms with Crippen molar-refractivity contribution in [2.75, 3.05) is 12.0 Å². The Morgan fingerprint density at radius 2 is 2.29 bits per heavy atom. The van der Waals surface area contributed by atoms with Gasteiger partial charge in [-0.25, -0.2) is 15.0 Å². The molecular weight excluding hydrogens is 180 g/mol. The smallest absolute Gasteiger partial charge is 0.164 e. The third-order valence-corrected chi connectivity index (χ3v) is 2.23. The summed E-state index contributed by atoms with van der Waals surface area (Å²) in [5.41, 5.74) is 2.81. The van der Waals surface area contributed by atoms with Crippen molar-refractivity contribution in [2.45, 2.75) is 6.61 Å². The zero-order chi connectivity index (χ0) is 9.38. The van der Waals surface area contributed by atoms with Crippen LogP contribution in [0.2, 0.25) is 0 Å². The minimum Gasteiger partial charge on any atom is -0.362 e. The number of hydrogen-bond acceptors (Lipinski definition) is 5. The van der Waals surface area contributed by atoms with E-state index < -0.39 is 0 Å². The predicted molar refractivity (Wildman–Crippen MR) is 50.6 cm³/mol. The largest absolute Gasteiger partial charge is 0.362 e. The van der Waals surface area contributed by atoms with Gasteiger partial charge < -0.3 is 10.1 Å². The Labute approximate surface area is 80.2 Å². The first-order chi connectivity index (χ1) is 6.95. The summed E-state index contributed by atoms with van der Waals surface area (Å²) in [6.45, 7) is 1.13. The summed E-state index contributed by atoms with van der Waals surface area (Å²) in [6, 6.07) is 0. The van der Waals surface area contributed by atoms with Gasteiger partial charge in [-0.1, -0.05) is 0 Å². The fraction of sp³-hybridized carbons (Fsp3) is 0.222. The van der Waals surface area contributed by atoms with Gasteiger partial charge in [-0.05, 0) is 0 Å². The van der Waals surface area contributed by atoms with Crippen molar-refractivity contribution in [1.29, 1.82) is 0 Å². The molecule has 2 aromatic rings. The number of ether oxygens (including phenoxy) is 1. The Kier molecular flexibility index (Phi) is 1.57. The average Bonchev–Trinajstić information content (AvgIpc) is 2.29. The number of nitrogens with zero attached hydrogens (tertiary/aromatic N) is 3. The molecule has 5 nitrogen and oxygen atoms in total. The zero-order valence-corrected chi connectivity index (χ0v) is 7.40. The van der Waals surface area contributed by atoms with E-state index in [9.17, 15) is 0 Å². The molecule has 70 valence electrons. The Bertz CT molecular complexity index is 485. The summed E-state index contributed by atoms with van der Waals surface area (Å²) in [6.07, 6.45) is 5.06. The lowest BCUT2D eigenvalue weighted by molar-refractivity contribution is 0.130. The van der Waals surface area contributed by atoms with Gasteiger partial charge in [0.15, 0.2) is 5.65 Å². The molecule has 0 fully saturated rings. The van der Waals surface area contributed by atoms with Crippen molar-refractivity contribution < 1.29 is 4.74 Å². The van der Waals surface area contributed by atoms with E-state index in [0.717, 1.165) is 16.6 Å². The number of nitrogens with one attached hydrogen (secondary N) is 1. The molecule has 3 heterocycles. The number of rotatable bonds is 0. The van der Waals surface area contributed by atoms with Crippen molar-refractivity contribution in [1.82, 2.24) is 15.0 Å². The molecule has 0 atom stereocenters. The lowest BCUT2D eigenvalue weighted by Crippen LogP contribution is -2.15. The lowest BCUT2D eigenvalue weighted by Gasteiger charge is -2.18. The Hall–Kier alpha value is -1.75. The second kappa shape index (κ2) is 2.88. The molecule has 0 aliphatic carbocycles. The molecule has 5 heteroatoms. The third-order valence-electron chi connectivity index (χ3n) is 2.23. The summed E-state index contributed by atoms with van der Waals surface area (Å²) in [5.74, 6) is 0. The second-order valence-electron chi connectivity index (χ2n) is 3.09. The second-order valence-corrected chi connectivity index (χ2v) is 3.09. The highest BCUT2D eigenvalue weighted by molar-refractivity contribution is 5.89. The van der Waals surface area contributed by atoms with E-state index in [4.69, 9.17) is 4.74 Å². The van der Waals surface area contributed by atoms with Crippen molar-refractivity contribution in [2.24, 2.45) is 0 Å². The van der Waals surface area contributed by atoms with Crippen molar-refractivity contribution >= 4 is 16.7 Å². The molecule has 0 saturated heterocycles. The monoisotopic (exact) mass is 188 g/mol. The maximum absolute atomic E-state index is 5.25. The van der Waals surface area contributed by atoms with Gasteiger partial charge in [-0.2, -0.15) is 0 Å². The first-order valence-electron chi connectivity index (χ1n) is 4.34. The molecular formula is C9H8N4O. The van der Waals surface area contributed by atoms with Gasteiger partial charge in [0.1, 0.15) is 13.1 Å². The van der Waals surface area contributed by atoms with Crippen LogP contribution < -0.4 is 5.32 Å². The molecule has 14 heavy (non-hydrogen) atoms. The standard InChI is InChI=1S/C9H8N4O/c1-6-3-14-5-13-8(6)7-2-10-4-12-9(7)11-1/h1-2,4,13H,3,5H2. The Morgan fingerprint density at radius 3 is 3.29 bits per heavy atom. The molecule has 2 aromatic heterocycles. The van der Waals surface area contributed by atoms with Crippen LogP contribution in [0.4, 0.5) is 5.69 Å². The molecule has 3 rings (SSSR count). The van der Waals surface area contributed by atoms with Crippen LogP contribution in [0.3, 0.4) is 0 Å². The normalized spacial score (nSPS) is 14.9. The SMILES string of the molecule is c1ncc2c3c(cnc2n1)COCN3. The predicted octanol–water partition coefficient (Wildman–Crippen LogP) is 0.924. The highest BCUT2D eigenvalue weighted by Gasteiger charge is 2.12. The summed E-state index contributed by atoms with van der Waals surface area (Å²) in [5, 5.41) is 4.12. The van der Waals surface area contributed by atoms with E-state index in [1.54, 1.807) is 12.4 Å². The van der Waals surface area contributed by atoms with Gasteiger partial charge in [0.25, 0.3) is 0 Å². The highest BCUT2D eigenvalue weighted by atomic mass is 16.5. The molecule has 1 aliphatic heterocycles. The maximum Gasteiger partial charge on any atom is 0.164 e. The van der Waals surface area contributed by atoms with E-state index in [1.807, 2.05) is 0 Å². The summed E-state index contributed by atoms with van der Waals surface area (Å²) < 4.78 is 5.25. The lowest BCUT2D eigenvalue weighted by atomic mass is 10.2. The van der Waals surface area contributed by atoms with Gasteiger partial charge in [0.05, 0.1) is 17.7 Å². The van der Waals surface area contributed by atoms with Crippen LogP contribution in [-0.2, 0) is 11.3 Å². The molecule has 0 unspecified atom stereocenters. The van der Waals surface area contributed by atoms with Gasteiger partial charge in [-0.15, -0.1) is 0 Å². The third kappa shape index (κ3) is 1.03. The number of aromatic nitrogens is 3. The molecule has 1 aliphatic rings. The summed E-state index contributed by atoms with van der Waals surface area (Å²) in [7, 11) is 0. The van der Waals surface area contributed by atoms with Crippen LogP contribution in [0.25, 0.3) is 11.0 Å². The molecule has 0 radical (unpaired) electrons. The minimum atomic E-state index is 0.529. The van der Waals surface area contributed by atoms with Crippen LogP contribution >= 0.6 is 0 Å². The average molecular weight is 188 g/mol. The van der Waals surface area contributed by atoms with Crippen LogP contribution in [0.5, 0.6) is 0 Å². The van der Waals surface area contributed by atoms with Gasteiger partial charge in [0.2, 0.25) is 0 Å². The molecule has 0 spiro atoms. The fourth-order valence-electron chi connectivity index (χ4n) is 1.58. The Morgan fingerprint density at radius 1 is 1.29 bits per heavy atom.